The lowest BCUT2D eigenvalue weighted by molar-refractivity contribution is -0.149. The third-order valence-corrected chi connectivity index (χ3v) is 10.2. The van der Waals surface area contributed by atoms with Crippen LogP contribution in [0.2, 0.25) is 0 Å². The van der Waals surface area contributed by atoms with Gasteiger partial charge in [0, 0.05) is 24.5 Å². The Morgan fingerprint density at radius 3 is 2.04 bits per heavy atom. The molecule has 3 amide bonds. The van der Waals surface area contributed by atoms with Gasteiger partial charge >= 0.3 is 0 Å². The molecule has 2 unspecified atom stereocenters. The van der Waals surface area contributed by atoms with E-state index in [1.165, 1.54) is 4.90 Å². The zero-order chi connectivity index (χ0) is 33.9. The Balaban J connectivity index is 1.61. The zero-order valence-electron chi connectivity index (χ0n) is 27.9. The van der Waals surface area contributed by atoms with E-state index in [1.54, 1.807) is 53.3 Å². The fourth-order valence-electron chi connectivity index (χ4n) is 7.99. The first-order valence-corrected chi connectivity index (χ1v) is 16.5. The standard InChI is InChI=1S/C37H47N3O7/c1-7-22-38(26-14-18-29(19-15-26)46-11-5)33(42)30-31-34(43)40(25(9-3)24-41)32(37(31)21-20-36(30,10-4)47-37)35(44)39(23-8-2)27-12-16-28(45-6)17-13-27/h7-8,12-19,25,30-32,41H,1-2,9-11,20-24H2,3-6H3/t25-,30-,31-,32?,36+,37?/m0/s1. The number of anilines is 2. The van der Waals surface area contributed by atoms with Crippen LogP contribution >= 0.6 is 0 Å². The number of benzene rings is 2. The summed E-state index contributed by atoms with van der Waals surface area (Å²) in [6, 6.07) is 12.7. The van der Waals surface area contributed by atoms with Crippen LogP contribution in [-0.4, -0.2) is 84.4 Å². The summed E-state index contributed by atoms with van der Waals surface area (Å²) in [4.78, 5) is 49.2. The minimum absolute atomic E-state index is 0.187. The summed E-state index contributed by atoms with van der Waals surface area (Å²) in [5.41, 5.74) is -0.929. The molecule has 1 N–H and O–H groups in total. The molecule has 1 spiro atoms. The molecule has 3 fully saturated rings. The lowest BCUT2D eigenvalue weighted by Gasteiger charge is -2.39. The van der Waals surface area contributed by atoms with E-state index in [0.29, 0.717) is 55.2 Å². The van der Waals surface area contributed by atoms with Gasteiger partial charge in [-0.15, -0.1) is 13.2 Å². The molecule has 2 aromatic carbocycles. The number of likely N-dealkylation sites (tertiary alicyclic amines) is 1. The van der Waals surface area contributed by atoms with E-state index in [4.69, 9.17) is 14.2 Å². The maximum Gasteiger partial charge on any atom is 0.253 e. The van der Waals surface area contributed by atoms with Crippen LogP contribution < -0.4 is 19.3 Å². The largest absolute Gasteiger partial charge is 0.497 e. The SMILES string of the molecule is C=CCN(C(=O)C1N([C@@H](CC)CO)C(=O)[C@@H]2[C@@H](C(=O)N(CC=C)c3ccc(OCC)cc3)[C@@]3(CC)CCC12O3)c1ccc(OC)cc1. The van der Waals surface area contributed by atoms with Crippen LogP contribution in [-0.2, 0) is 19.1 Å². The number of carbonyl (C=O) groups excluding carboxylic acids is 3. The lowest BCUT2D eigenvalue weighted by Crippen LogP contribution is -2.59. The van der Waals surface area contributed by atoms with E-state index in [2.05, 4.69) is 13.2 Å². The number of aliphatic hydroxyl groups is 1. The van der Waals surface area contributed by atoms with Crippen molar-refractivity contribution in [2.75, 3.05) is 43.2 Å². The molecule has 3 heterocycles. The highest BCUT2D eigenvalue weighted by atomic mass is 16.5. The molecule has 10 nitrogen and oxygen atoms in total. The summed E-state index contributed by atoms with van der Waals surface area (Å²) in [6.07, 6.45) is 5.17. The van der Waals surface area contributed by atoms with Crippen molar-refractivity contribution in [2.45, 2.75) is 69.7 Å². The fraction of sp³-hybridized carbons (Fsp3) is 0.486. The number of amides is 3. The summed E-state index contributed by atoms with van der Waals surface area (Å²) in [5, 5.41) is 10.5. The zero-order valence-corrected chi connectivity index (χ0v) is 27.9. The van der Waals surface area contributed by atoms with Crippen LogP contribution in [0.15, 0.2) is 73.8 Å². The molecule has 47 heavy (non-hydrogen) atoms. The van der Waals surface area contributed by atoms with Crippen molar-refractivity contribution in [3.63, 3.8) is 0 Å². The van der Waals surface area contributed by atoms with Gasteiger partial charge in [-0.3, -0.25) is 14.4 Å². The van der Waals surface area contributed by atoms with Crippen LogP contribution in [0.5, 0.6) is 11.5 Å². The first-order chi connectivity index (χ1) is 22.7. The average molecular weight is 646 g/mol. The van der Waals surface area contributed by atoms with E-state index in [9.17, 15) is 19.5 Å². The van der Waals surface area contributed by atoms with E-state index in [-0.39, 0.29) is 37.4 Å². The van der Waals surface area contributed by atoms with Crippen LogP contribution in [0.4, 0.5) is 11.4 Å². The fourth-order valence-corrected chi connectivity index (χ4v) is 7.99. The molecule has 0 aliphatic carbocycles. The highest BCUT2D eigenvalue weighted by molar-refractivity contribution is 6.07. The quantitative estimate of drug-likeness (QED) is 0.279. The molecule has 0 radical (unpaired) electrons. The van der Waals surface area contributed by atoms with Crippen molar-refractivity contribution >= 4 is 29.1 Å². The van der Waals surface area contributed by atoms with Crippen LogP contribution in [0, 0.1) is 11.8 Å². The molecule has 0 saturated carbocycles. The van der Waals surface area contributed by atoms with Crippen molar-refractivity contribution < 1.29 is 33.7 Å². The molecule has 0 aromatic heterocycles. The van der Waals surface area contributed by atoms with Gasteiger partial charge in [-0.1, -0.05) is 26.0 Å². The molecule has 6 atom stereocenters. The molecule has 2 aromatic rings. The van der Waals surface area contributed by atoms with Crippen molar-refractivity contribution in [3.05, 3.63) is 73.8 Å². The van der Waals surface area contributed by atoms with Crippen LogP contribution in [0.1, 0.15) is 46.5 Å². The number of rotatable bonds is 15. The van der Waals surface area contributed by atoms with Crippen molar-refractivity contribution in [1.29, 1.82) is 0 Å². The second-order valence-corrected chi connectivity index (χ2v) is 12.4. The molecule has 10 heteroatoms. The minimum Gasteiger partial charge on any atom is -0.497 e. The van der Waals surface area contributed by atoms with E-state index < -0.39 is 35.1 Å². The Labute approximate surface area is 277 Å². The summed E-state index contributed by atoms with van der Waals surface area (Å²) in [5.74, 6) is -1.35. The topological polar surface area (TPSA) is 109 Å². The van der Waals surface area contributed by atoms with Gasteiger partial charge in [0.15, 0.2) is 0 Å². The predicted octanol–water partition coefficient (Wildman–Crippen LogP) is 4.76. The number of ether oxygens (including phenoxy) is 3. The number of methoxy groups -OCH3 is 1. The van der Waals surface area contributed by atoms with Gasteiger partial charge in [0.1, 0.15) is 23.1 Å². The maximum absolute atomic E-state index is 14.9. The molecule has 2 bridgehead atoms. The Kier molecular flexibility index (Phi) is 10.1. The third kappa shape index (κ3) is 5.61. The average Bonchev–Trinajstić information content (AvgIpc) is 3.70. The number of fused-ring (bicyclic) bond motifs is 1. The van der Waals surface area contributed by atoms with Gasteiger partial charge in [0.25, 0.3) is 5.91 Å². The first-order valence-electron chi connectivity index (χ1n) is 16.5. The smallest absolute Gasteiger partial charge is 0.253 e. The Bertz CT molecular complexity index is 1470. The van der Waals surface area contributed by atoms with E-state index in [0.717, 1.165) is 0 Å². The summed E-state index contributed by atoms with van der Waals surface area (Å²) in [7, 11) is 1.57. The van der Waals surface area contributed by atoms with Crippen molar-refractivity contribution in [2.24, 2.45) is 11.8 Å². The molecule has 252 valence electrons. The minimum atomic E-state index is -1.25. The Morgan fingerprint density at radius 2 is 1.55 bits per heavy atom. The molecular formula is C37H47N3O7. The number of nitrogens with zero attached hydrogens (tertiary/aromatic N) is 3. The van der Waals surface area contributed by atoms with Gasteiger partial charge in [0.05, 0.1) is 43.8 Å². The first kappa shape index (κ1) is 34.2. The van der Waals surface area contributed by atoms with Crippen molar-refractivity contribution in [3.8, 4) is 11.5 Å². The lowest BCUT2D eigenvalue weighted by atomic mass is 9.64. The number of aliphatic hydroxyl groups excluding tert-OH is 1. The third-order valence-electron chi connectivity index (χ3n) is 10.2. The van der Waals surface area contributed by atoms with Crippen LogP contribution in [0.25, 0.3) is 0 Å². The Morgan fingerprint density at radius 1 is 0.979 bits per heavy atom. The van der Waals surface area contributed by atoms with Crippen LogP contribution in [0.3, 0.4) is 0 Å². The van der Waals surface area contributed by atoms with Gasteiger partial charge in [0.2, 0.25) is 11.8 Å². The van der Waals surface area contributed by atoms with E-state index >= 15 is 0 Å². The summed E-state index contributed by atoms with van der Waals surface area (Å²) < 4.78 is 18.0. The molecule has 5 rings (SSSR count). The van der Waals surface area contributed by atoms with Gasteiger partial charge in [-0.2, -0.15) is 0 Å². The summed E-state index contributed by atoms with van der Waals surface area (Å²) >= 11 is 0. The second-order valence-electron chi connectivity index (χ2n) is 12.4. The highest BCUT2D eigenvalue weighted by Gasteiger charge is 2.79. The number of hydrogen-bond acceptors (Lipinski definition) is 7. The molecule has 3 aliphatic rings. The maximum atomic E-state index is 14.9. The van der Waals surface area contributed by atoms with Crippen molar-refractivity contribution in [1.82, 2.24) is 4.90 Å². The van der Waals surface area contributed by atoms with Gasteiger partial charge < -0.3 is 34.0 Å². The summed E-state index contributed by atoms with van der Waals surface area (Å²) in [6.45, 7) is 14.1. The number of hydrogen-bond donors (Lipinski definition) is 1. The highest BCUT2D eigenvalue weighted by Crippen LogP contribution is 2.65. The molecule has 3 aliphatic heterocycles. The second kappa shape index (κ2) is 13.9. The number of carbonyl (C=O) groups is 3. The normalized spacial score (nSPS) is 26.4. The van der Waals surface area contributed by atoms with Gasteiger partial charge in [-0.05, 0) is 81.1 Å². The molecule has 3 saturated heterocycles. The Hall–Kier alpha value is -4.15. The molecular weight excluding hydrogens is 598 g/mol. The monoisotopic (exact) mass is 645 g/mol. The van der Waals surface area contributed by atoms with Gasteiger partial charge in [-0.25, -0.2) is 0 Å². The predicted molar refractivity (Wildman–Crippen MR) is 181 cm³/mol. The van der Waals surface area contributed by atoms with E-state index in [1.807, 2.05) is 45.0 Å².